The summed E-state index contributed by atoms with van der Waals surface area (Å²) < 4.78 is 16.4. The maximum Gasteiger partial charge on any atom is 0.273 e. The fraction of sp³-hybridized carbons (Fsp3) is 0.292. The van der Waals surface area contributed by atoms with Crippen LogP contribution < -0.4 is 15.4 Å². The van der Waals surface area contributed by atoms with Crippen LogP contribution in [0.25, 0.3) is 0 Å². The van der Waals surface area contributed by atoms with Gasteiger partial charge in [0.1, 0.15) is 12.4 Å². The average Bonchev–Trinajstić information content (AvgIpc) is 3.49. The van der Waals surface area contributed by atoms with Gasteiger partial charge in [-0.3, -0.25) is 9.59 Å². The van der Waals surface area contributed by atoms with Crippen molar-refractivity contribution in [1.82, 2.24) is 10.5 Å². The minimum Gasteiger partial charge on any atom is -0.486 e. The summed E-state index contributed by atoms with van der Waals surface area (Å²) in [5.74, 6) is 0.567. The highest BCUT2D eigenvalue weighted by molar-refractivity contribution is 6.05. The van der Waals surface area contributed by atoms with Crippen molar-refractivity contribution in [2.24, 2.45) is 0 Å². The number of carbonyl (C=O) groups excluding carboxylic acids is 2. The van der Waals surface area contributed by atoms with E-state index in [4.69, 9.17) is 14.0 Å². The van der Waals surface area contributed by atoms with Gasteiger partial charge >= 0.3 is 0 Å². The fourth-order valence-electron chi connectivity index (χ4n) is 3.41. The maximum atomic E-state index is 12.4. The van der Waals surface area contributed by atoms with E-state index >= 15 is 0 Å². The SMILES string of the molecule is Cc1ccccc1C(=O)Nc1ccc(OCc2cc(C(=O)NC[C@@H]3CCCO3)no2)cc1. The van der Waals surface area contributed by atoms with Crippen LogP contribution in [0.15, 0.2) is 59.1 Å². The normalized spacial score (nSPS) is 15.3. The van der Waals surface area contributed by atoms with Gasteiger partial charge in [-0.05, 0) is 55.7 Å². The third-order valence-electron chi connectivity index (χ3n) is 5.19. The van der Waals surface area contributed by atoms with E-state index in [1.54, 1.807) is 36.4 Å². The van der Waals surface area contributed by atoms with Crippen molar-refractivity contribution < 1.29 is 23.6 Å². The predicted molar refractivity (Wildman–Crippen MR) is 118 cm³/mol. The highest BCUT2D eigenvalue weighted by atomic mass is 16.5. The molecule has 1 atom stereocenters. The van der Waals surface area contributed by atoms with E-state index in [0.29, 0.717) is 29.3 Å². The van der Waals surface area contributed by atoms with Crippen LogP contribution in [-0.4, -0.2) is 36.2 Å². The highest BCUT2D eigenvalue weighted by Gasteiger charge is 2.18. The summed E-state index contributed by atoms with van der Waals surface area (Å²) in [5, 5.41) is 9.48. The van der Waals surface area contributed by atoms with Crippen molar-refractivity contribution >= 4 is 17.5 Å². The van der Waals surface area contributed by atoms with Crippen molar-refractivity contribution in [2.45, 2.75) is 32.5 Å². The van der Waals surface area contributed by atoms with Gasteiger partial charge in [-0.15, -0.1) is 0 Å². The van der Waals surface area contributed by atoms with Gasteiger partial charge in [0.05, 0.1) is 6.10 Å². The Hall–Kier alpha value is -3.65. The molecule has 2 heterocycles. The van der Waals surface area contributed by atoms with Crippen molar-refractivity contribution in [3.8, 4) is 5.75 Å². The van der Waals surface area contributed by atoms with E-state index in [2.05, 4.69) is 15.8 Å². The molecular weight excluding hydrogens is 410 g/mol. The quantitative estimate of drug-likeness (QED) is 0.559. The Morgan fingerprint density at radius 2 is 1.94 bits per heavy atom. The summed E-state index contributed by atoms with van der Waals surface area (Å²) in [6.45, 7) is 3.23. The first-order valence-electron chi connectivity index (χ1n) is 10.5. The lowest BCUT2D eigenvalue weighted by atomic mass is 10.1. The van der Waals surface area contributed by atoms with Crippen LogP contribution in [0.2, 0.25) is 0 Å². The van der Waals surface area contributed by atoms with Gasteiger partial charge in [0.25, 0.3) is 11.8 Å². The Kier molecular flexibility index (Phi) is 6.81. The van der Waals surface area contributed by atoms with E-state index in [0.717, 1.165) is 25.0 Å². The van der Waals surface area contributed by atoms with E-state index in [-0.39, 0.29) is 30.2 Å². The molecule has 1 fully saturated rings. The van der Waals surface area contributed by atoms with Gasteiger partial charge < -0.3 is 24.6 Å². The van der Waals surface area contributed by atoms with Gasteiger partial charge in [-0.2, -0.15) is 0 Å². The number of hydrogen-bond acceptors (Lipinski definition) is 6. The Bertz CT molecular complexity index is 1070. The fourth-order valence-corrected chi connectivity index (χ4v) is 3.41. The Balaban J connectivity index is 1.26. The van der Waals surface area contributed by atoms with Crippen LogP contribution in [0, 0.1) is 6.92 Å². The molecule has 2 amide bonds. The molecule has 4 rings (SSSR count). The molecule has 0 unspecified atom stereocenters. The first kappa shape index (κ1) is 21.6. The summed E-state index contributed by atoms with van der Waals surface area (Å²) in [7, 11) is 0. The highest BCUT2D eigenvalue weighted by Crippen LogP contribution is 2.19. The molecule has 1 aromatic heterocycles. The molecule has 0 saturated carbocycles. The molecule has 8 heteroatoms. The van der Waals surface area contributed by atoms with Crippen molar-refractivity contribution in [3.63, 3.8) is 0 Å². The number of carbonyl (C=O) groups is 2. The number of aryl methyl sites for hydroxylation is 1. The lowest BCUT2D eigenvalue weighted by Gasteiger charge is -2.09. The van der Waals surface area contributed by atoms with Crippen LogP contribution in [0.4, 0.5) is 5.69 Å². The molecule has 0 aliphatic carbocycles. The lowest BCUT2D eigenvalue weighted by Crippen LogP contribution is -2.31. The molecule has 0 bridgehead atoms. The van der Waals surface area contributed by atoms with Crippen molar-refractivity contribution in [2.75, 3.05) is 18.5 Å². The number of aromatic nitrogens is 1. The third-order valence-corrected chi connectivity index (χ3v) is 5.19. The van der Waals surface area contributed by atoms with Crippen LogP contribution in [0.5, 0.6) is 5.75 Å². The molecule has 1 saturated heterocycles. The summed E-state index contributed by atoms with van der Waals surface area (Å²) in [6.07, 6.45) is 2.04. The van der Waals surface area contributed by atoms with Crippen LogP contribution >= 0.6 is 0 Å². The smallest absolute Gasteiger partial charge is 0.273 e. The zero-order valence-corrected chi connectivity index (χ0v) is 17.8. The molecule has 0 spiro atoms. The number of benzene rings is 2. The molecule has 1 aliphatic rings. The second-order valence-corrected chi connectivity index (χ2v) is 7.61. The predicted octanol–water partition coefficient (Wildman–Crippen LogP) is 3.72. The van der Waals surface area contributed by atoms with Crippen molar-refractivity contribution in [3.05, 3.63) is 77.2 Å². The van der Waals surface area contributed by atoms with Gasteiger partial charge in [-0.1, -0.05) is 23.4 Å². The van der Waals surface area contributed by atoms with Gasteiger partial charge in [0.2, 0.25) is 0 Å². The molecular formula is C24H25N3O5. The number of anilines is 1. The number of nitrogens with one attached hydrogen (secondary N) is 2. The van der Waals surface area contributed by atoms with Gasteiger partial charge in [-0.25, -0.2) is 0 Å². The van der Waals surface area contributed by atoms with Gasteiger partial charge in [0.15, 0.2) is 11.5 Å². The average molecular weight is 435 g/mol. The van der Waals surface area contributed by atoms with Gasteiger partial charge in [0, 0.05) is 30.5 Å². The lowest BCUT2D eigenvalue weighted by molar-refractivity contribution is 0.0850. The van der Waals surface area contributed by atoms with Crippen LogP contribution in [-0.2, 0) is 11.3 Å². The summed E-state index contributed by atoms with van der Waals surface area (Å²) >= 11 is 0. The molecule has 32 heavy (non-hydrogen) atoms. The third kappa shape index (κ3) is 5.53. The van der Waals surface area contributed by atoms with Crippen molar-refractivity contribution in [1.29, 1.82) is 0 Å². The second-order valence-electron chi connectivity index (χ2n) is 7.61. The number of amides is 2. The topological polar surface area (TPSA) is 103 Å². The molecule has 8 nitrogen and oxygen atoms in total. The molecule has 166 valence electrons. The van der Waals surface area contributed by atoms with Crippen LogP contribution in [0.1, 0.15) is 45.0 Å². The van der Waals surface area contributed by atoms with E-state index in [1.807, 2.05) is 25.1 Å². The first-order valence-corrected chi connectivity index (χ1v) is 10.5. The van der Waals surface area contributed by atoms with Crippen LogP contribution in [0.3, 0.4) is 0 Å². The minimum absolute atomic E-state index is 0.0677. The second kappa shape index (κ2) is 10.1. The Labute approximate surface area is 185 Å². The molecule has 1 aliphatic heterocycles. The minimum atomic E-state index is -0.302. The standard InChI is InChI=1S/C24H25N3O5/c1-16-5-2-3-7-21(16)23(28)26-17-8-10-18(11-9-17)31-15-20-13-22(27-32-20)24(29)25-14-19-6-4-12-30-19/h2-3,5,7-11,13,19H,4,6,12,14-15H2,1H3,(H,25,29)(H,26,28)/t19-/m0/s1. The molecule has 0 radical (unpaired) electrons. The largest absolute Gasteiger partial charge is 0.486 e. The zero-order chi connectivity index (χ0) is 22.3. The van der Waals surface area contributed by atoms with E-state index < -0.39 is 0 Å². The maximum absolute atomic E-state index is 12.4. The Morgan fingerprint density at radius 3 is 2.69 bits per heavy atom. The molecule has 2 N–H and O–H groups in total. The first-order chi connectivity index (χ1) is 15.6. The number of rotatable bonds is 8. The van der Waals surface area contributed by atoms with E-state index in [1.165, 1.54) is 0 Å². The summed E-state index contributed by atoms with van der Waals surface area (Å²) in [6, 6.07) is 16.0. The number of nitrogens with zero attached hydrogens (tertiary/aromatic N) is 1. The molecule has 3 aromatic rings. The Morgan fingerprint density at radius 1 is 1.12 bits per heavy atom. The summed E-state index contributed by atoms with van der Waals surface area (Å²) in [4.78, 5) is 24.6. The van der Waals surface area contributed by atoms with E-state index in [9.17, 15) is 9.59 Å². The zero-order valence-electron chi connectivity index (χ0n) is 17.8. The monoisotopic (exact) mass is 435 g/mol. The summed E-state index contributed by atoms with van der Waals surface area (Å²) in [5.41, 5.74) is 2.41. The number of hydrogen-bond donors (Lipinski definition) is 2. The number of ether oxygens (including phenoxy) is 2. The molecule has 2 aromatic carbocycles.